The molecule has 0 saturated heterocycles. The first-order valence-corrected chi connectivity index (χ1v) is 15.5. The number of ketones is 1. The molecular formula is C28H25F4N5O2S2. The van der Waals surface area contributed by atoms with Gasteiger partial charge in [-0.25, -0.2) is 14.1 Å². The largest absolute Gasteiger partial charge is 0.427 e. The summed E-state index contributed by atoms with van der Waals surface area (Å²) in [6.45, 7) is 0. The molecule has 3 heterocycles. The Bertz CT molecular complexity index is 1780. The second-order valence-electron chi connectivity index (χ2n) is 10.6. The van der Waals surface area contributed by atoms with Gasteiger partial charge in [0, 0.05) is 28.5 Å². The number of carbonyl (C=O) groups excluding carboxylic acids is 1. The molecule has 0 aliphatic heterocycles. The second kappa shape index (κ2) is 9.76. The third kappa shape index (κ3) is 4.94. The van der Waals surface area contributed by atoms with Crippen molar-refractivity contribution in [3.05, 3.63) is 81.5 Å². The third-order valence-electron chi connectivity index (χ3n) is 7.82. The minimum atomic E-state index is -4.61. The van der Waals surface area contributed by atoms with E-state index in [1.165, 1.54) is 12.1 Å². The van der Waals surface area contributed by atoms with E-state index in [9.17, 15) is 26.6 Å². The zero-order valence-corrected chi connectivity index (χ0v) is 23.5. The molecule has 4 aromatic rings. The molecule has 1 saturated carbocycles. The minimum absolute atomic E-state index is 0.194. The van der Waals surface area contributed by atoms with Crippen molar-refractivity contribution in [2.45, 2.75) is 36.9 Å². The molecule has 2 aliphatic rings. The number of hydrogen-bond acceptors (Lipinski definition) is 6. The molecular weight excluding hydrogens is 578 g/mol. The predicted octanol–water partition coefficient (Wildman–Crippen LogP) is 5.60. The van der Waals surface area contributed by atoms with Crippen LogP contribution in [0.1, 0.15) is 45.2 Å². The number of alkyl halides is 3. The normalized spacial score (nSPS) is 22.0. The Kier molecular flexibility index (Phi) is 6.57. The number of hydrogen-bond donors (Lipinski definition) is 0. The molecule has 1 aromatic carbocycles. The maximum atomic E-state index is 14.2. The van der Waals surface area contributed by atoms with E-state index < -0.39 is 31.8 Å². The lowest BCUT2D eigenvalue weighted by atomic mass is 9.60. The fraction of sp³-hybridized carbons (Fsp3) is 0.321. The molecule has 41 heavy (non-hydrogen) atoms. The van der Waals surface area contributed by atoms with Crippen LogP contribution in [0.5, 0.6) is 0 Å². The van der Waals surface area contributed by atoms with Crippen LogP contribution in [-0.2, 0) is 29.2 Å². The zero-order chi connectivity index (χ0) is 29.2. The van der Waals surface area contributed by atoms with Crippen LogP contribution < -0.4 is 0 Å². The van der Waals surface area contributed by atoms with Crippen molar-refractivity contribution in [1.82, 2.24) is 24.5 Å². The van der Waals surface area contributed by atoms with E-state index in [0.29, 0.717) is 41.1 Å². The summed E-state index contributed by atoms with van der Waals surface area (Å²) in [5.41, 5.74) is 1.71. The summed E-state index contributed by atoms with van der Waals surface area (Å²) < 4.78 is 70.6. The molecule has 214 valence electrons. The first-order chi connectivity index (χ1) is 19.4. The van der Waals surface area contributed by atoms with Crippen molar-refractivity contribution in [3.63, 3.8) is 0 Å². The molecule has 0 amide bonds. The topological polar surface area (TPSA) is 82.7 Å². The van der Waals surface area contributed by atoms with E-state index in [-0.39, 0.29) is 35.3 Å². The van der Waals surface area contributed by atoms with Crippen molar-refractivity contribution in [3.8, 4) is 5.69 Å². The number of nitrogens with zero attached hydrogens (tertiary/aromatic N) is 5. The van der Waals surface area contributed by atoms with Gasteiger partial charge in [-0.2, -0.15) is 23.4 Å². The van der Waals surface area contributed by atoms with Crippen LogP contribution in [0.25, 0.3) is 11.8 Å². The first kappa shape index (κ1) is 27.6. The van der Waals surface area contributed by atoms with Crippen LogP contribution in [-0.4, -0.2) is 46.2 Å². The fourth-order valence-corrected chi connectivity index (χ4v) is 8.54. The summed E-state index contributed by atoms with van der Waals surface area (Å²) >= 11 is 0.340. The van der Waals surface area contributed by atoms with E-state index >= 15 is 0 Å². The van der Waals surface area contributed by atoms with Crippen LogP contribution >= 0.6 is 11.3 Å². The van der Waals surface area contributed by atoms with Crippen molar-refractivity contribution in [1.29, 1.82) is 0 Å². The van der Waals surface area contributed by atoms with Crippen molar-refractivity contribution in [2.75, 3.05) is 5.75 Å². The number of Topliss-reactive ketones (excluding diaryl/α,β-unsaturated/α-hetero) is 1. The van der Waals surface area contributed by atoms with Crippen LogP contribution in [0.15, 0.2) is 59.5 Å². The van der Waals surface area contributed by atoms with E-state index in [1.54, 1.807) is 47.0 Å². The predicted molar refractivity (Wildman–Crippen MR) is 148 cm³/mol. The smallest absolute Gasteiger partial charge is 0.290 e. The molecule has 2 aliphatic carbocycles. The van der Waals surface area contributed by atoms with Crippen LogP contribution in [0, 0.1) is 17.2 Å². The minimum Gasteiger partial charge on any atom is -0.290 e. The van der Waals surface area contributed by atoms with Crippen LogP contribution in [0.2, 0.25) is 0 Å². The third-order valence-corrected chi connectivity index (χ3v) is 10.9. The number of carbonyl (C=O) groups is 1. The van der Waals surface area contributed by atoms with Gasteiger partial charge in [-0.1, -0.05) is 5.57 Å². The molecule has 3 aromatic heterocycles. The van der Waals surface area contributed by atoms with Gasteiger partial charge in [0.05, 0.1) is 29.2 Å². The average molecular weight is 604 g/mol. The molecule has 0 radical (unpaired) electrons. The lowest BCUT2D eigenvalue weighted by molar-refractivity contribution is -0.134. The number of rotatable bonds is 6. The van der Waals surface area contributed by atoms with E-state index in [4.69, 9.17) is 0 Å². The van der Waals surface area contributed by atoms with Crippen molar-refractivity contribution >= 4 is 38.6 Å². The summed E-state index contributed by atoms with van der Waals surface area (Å²) in [6.07, 6.45) is 2.85. The lowest BCUT2D eigenvalue weighted by Gasteiger charge is -2.43. The highest BCUT2D eigenvalue weighted by atomic mass is 32.2. The van der Waals surface area contributed by atoms with Gasteiger partial charge in [0.25, 0.3) is 0 Å². The van der Waals surface area contributed by atoms with E-state index in [1.807, 2.05) is 6.08 Å². The Morgan fingerprint density at radius 3 is 2.63 bits per heavy atom. The van der Waals surface area contributed by atoms with Gasteiger partial charge in [-0.05, 0) is 79.4 Å². The quantitative estimate of drug-likeness (QED) is 0.163. The maximum Gasteiger partial charge on any atom is 0.427 e. The van der Waals surface area contributed by atoms with Gasteiger partial charge in [0.1, 0.15) is 15.7 Å². The highest BCUT2D eigenvalue weighted by molar-refractivity contribution is 8.00. The van der Waals surface area contributed by atoms with Gasteiger partial charge in [0.2, 0.25) is 5.78 Å². The zero-order valence-electron chi connectivity index (χ0n) is 21.9. The van der Waals surface area contributed by atoms with Gasteiger partial charge in [0.15, 0.2) is 5.01 Å². The fourth-order valence-electron chi connectivity index (χ4n) is 5.92. The Hall–Kier alpha value is -3.58. The lowest BCUT2D eigenvalue weighted by Crippen LogP contribution is -2.43. The van der Waals surface area contributed by atoms with Gasteiger partial charge >= 0.3 is 6.18 Å². The monoisotopic (exact) mass is 603 g/mol. The van der Waals surface area contributed by atoms with Crippen molar-refractivity contribution < 1.29 is 26.6 Å². The number of thiazole rings is 1. The number of benzene rings is 1. The van der Waals surface area contributed by atoms with Gasteiger partial charge in [-0.3, -0.25) is 13.7 Å². The number of halogens is 4. The molecule has 0 spiro atoms. The van der Waals surface area contributed by atoms with Gasteiger partial charge in [-0.15, -0.1) is 11.3 Å². The number of aryl methyl sites for hydroxylation is 1. The SMILES string of the molecule is C=S(=O)(CC1CCC2=Cc3c(cnn3-c3ccc(F)cc3)C[C@]2(C(=O)c2ncc(C(F)(F)F)s2)C1)c1ccn(C)n1. The number of aromatic nitrogens is 5. The van der Waals surface area contributed by atoms with Crippen LogP contribution in [0.4, 0.5) is 17.6 Å². The number of allylic oxidation sites excluding steroid dienone is 1. The summed E-state index contributed by atoms with van der Waals surface area (Å²) in [6, 6.07) is 7.52. The van der Waals surface area contributed by atoms with E-state index in [2.05, 4.69) is 21.1 Å². The second-order valence-corrected chi connectivity index (χ2v) is 14.0. The molecule has 0 N–H and O–H groups in total. The Morgan fingerprint density at radius 2 is 1.98 bits per heavy atom. The molecule has 0 bridgehead atoms. The molecule has 2 unspecified atom stereocenters. The Balaban J connectivity index is 1.40. The number of fused-ring (bicyclic) bond motifs is 2. The summed E-state index contributed by atoms with van der Waals surface area (Å²) in [4.78, 5) is 17.1. The standard InChI is InChI=1S/C28H25F4N5O2S2/c1-36-10-9-24(35-36)41(2,39)16-17-3-4-19-11-22-18(14-34-37(22)21-7-5-20(29)6-8-21)13-27(19,12-17)25(38)26-33-15-23(40-26)28(30,31)32/h5-11,14-15,17H,2-4,12-13,16H2,1H3/t17?,27-,41?/m1/s1. The average Bonchev–Trinajstić information content (AvgIpc) is 3.67. The summed E-state index contributed by atoms with van der Waals surface area (Å²) in [5, 5.41) is 8.93. The molecule has 13 heteroatoms. The van der Waals surface area contributed by atoms with E-state index in [0.717, 1.165) is 16.8 Å². The van der Waals surface area contributed by atoms with Crippen molar-refractivity contribution in [2.24, 2.45) is 18.4 Å². The highest BCUT2D eigenvalue weighted by Crippen LogP contribution is 2.52. The Labute approximate surface area is 237 Å². The Morgan fingerprint density at radius 1 is 1.22 bits per heavy atom. The molecule has 1 fully saturated rings. The highest BCUT2D eigenvalue weighted by Gasteiger charge is 2.50. The molecule has 3 atom stereocenters. The summed E-state index contributed by atoms with van der Waals surface area (Å²) in [7, 11) is -1.06. The molecule has 7 nitrogen and oxygen atoms in total. The maximum absolute atomic E-state index is 14.2. The van der Waals surface area contributed by atoms with Crippen LogP contribution in [0.3, 0.4) is 0 Å². The van der Waals surface area contributed by atoms with Gasteiger partial charge < -0.3 is 0 Å². The molecule has 6 rings (SSSR count). The first-order valence-electron chi connectivity index (χ1n) is 12.8. The summed E-state index contributed by atoms with van der Waals surface area (Å²) in [5.74, 6) is 3.09.